The first-order chi connectivity index (χ1) is 14.3. The van der Waals surface area contributed by atoms with Crippen LogP contribution < -0.4 is 16.1 Å². The maximum Gasteiger partial charge on any atom is 0.332 e. The molecule has 0 spiro atoms. The van der Waals surface area contributed by atoms with Gasteiger partial charge in [0.25, 0.3) is 11.5 Å². The molecule has 1 aromatic carbocycles. The Bertz CT molecular complexity index is 1550. The molecule has 0 aliphatic heterocycles. The number of terminal acetylenes is 1. The minimum atomic E-state index is -0.516. The molecule has 0 aliphatic rings. The number of hydrogen-bond donors (Lipinski definition) is 0. The Kier molecular flexibility index (Phi) is 4.75. The molecule has 0 atom stereocenters. The van der Waals surface area contributed by atoms with Gasteiger partial charge >= 0.3 is 5.69 Å². The lowest BCUT2D eigenvalue weighted by atomic mass is 10.2. The molecule has 0 bridgehead atoms. The Morgan fingerprint density at radius 1 is 1.27 bits per heavy atom. The Balaban J connectivity index is 1.80. The number of fused-ring (bicyclic) bond motifs is 2. The molecule has 0 fully saturated rings. The summed E-state index contributed by atoms with van der Waals surface area (Å²) in [6.45, 7) is 2.09. The van der Waals surface area contributed by atoms with E-state index in [1.165, 1.54) is 40.9 Å². The predicted molar refractivity (Wildman–Crippen MR) is 114 cm³/mol. The van der Waals surface area contributed by atoms with E-state index in [9.17, 15) is 14.4 Å². The van der Waals surface area contributed by atoms with Crippen molar-refractivity contribution in [2.24, 2.45) is 19.1 Å². The number of aryl methyl sites for hydroxylation is 2. The zero-order valence-electron chi connectivity index (χ0n) is 16.6. The monoisotopic (exact) mass is 422 g/mol. The number of rotatable bonds is 3. The number of imidazole rings is 1. The normalized spacial score (nSPS) is 12.0. The summed E-state index contributed by atoms with van der Waals surface area (Å²) >= 11 is 1.38. The Morgan fingerprint density at radius 3 is 2.77 bits per heavy atom. The molecule has 3 aromatic heterocycles. The summed E-state index contributed by atoms with van der Waals surface area (Å²) in [4.78, 5) is 46.2. The average Bonchev–Trinajstić information content (AvgIpc) is 3.26. The van der Waals surface area contributed by atoms with E-state index in [0.29, 0.717) is 4.80 Å². The third-order valence-electron chi connectivity index (χ3n) is 4.83. The fourth-order valence-corrected chi connectivity index (χ4v) is 4.46. The van der Waals surface area contributed by atoms with Crippen LogP contribution in [0.25, 0.3) is 21.4 Å². The van der Waals surface area contributed by atoms with Gasteiger partial charge < -0.3 is 9.13 Å². The van der Waals surface area contributed by atoms with Crippen LogP contribution in [0.4, 0.5) is 0 Å². The van der Waals surface area contributed by atoms with E-state index < -0.39 is 17.2 Å². The van der Waals surface area contributed by atoms with Crippen LogP contribution >= 0.6 is 11.3 Å². The van der Waals surface area contributed by atoms with Crippen molar-refractivity contribution in [2.45, 2.75) is 20.0 Å². The minimum Gasteiger partial charge on any atom is -0.315 e. The summed E-state index contributed by atoms with van der Waals surface area (Å²) in [5.41, 5.74) is 1.40. The quantitative estimate of drug-likeness (QED) is 0.450. The number of nitrogens with zero attached hydrogens (tertiary/aromatic N) is 6. The predicted octanol–water partition coefficient (Wildman–Crippen LogP) is 0.519. The second-order valence-corrected chi connectivity index (χ2v) is 7.91. The molecule has 9 nitrogen and oxygen atoms in total. The van der Waals surface area contributed by atoms with E-state index in [0.717, 1.165) is 20.3 Å². The number of aromatic nitrogens is 5. The zero-order chi connectivity index (χ0) is 21.6. The van der Waals surface area contributed by atoms with Crippen LogP contribution in [0.1, 0.15) is 5.56 Å². The Morgan fingerprint density at radius 2 is 2.03 bits per heavy atom. The third kappa shape index (κ3) is 3.09. The SMILES string of the molecule is C#CCn1c(=NC(=O)Cn2cnc3c2c(=O)n(C)c(=O)n3C)sc2cc(C)ccc21. The lowest BCUT2D eigenvalue weighted by molar-refractivity contribution is -0.118. The summed E-state index contributed by atoms with van der Waals surface area (Å²) in [7, 11) is 2.91. The largest absolute Gasteiger partial charge is 0.332 e. The number of carbonyl (C=O) groups excluding carboxylic acids is 1. The van der Waals surface area contributed by atoms with E-state index in [1.807, 2.05) is 29.7 Å². The van der Waals surface area contributed by atoms with Gasteiger partial charge in [0.15, 0.2) is 16.0 Å². The number of amides is 1. The van der Waals surface area contributed by atoms with Crippen molar-refractivity contribution in [3.63, 3.8) is 0 Å². The molecule has 1 amide bonds. The van der Waals surface area contributed by atoms with Gasteiger partial charge in [0.05, 0.1) is 23.1 Å². The van der Waals surface area contributed by atoms with Crippen LogP contribution in [-0.4, -0.2) is 29.2 Å². The molecule has 4 aromatic rings. The second kappa shape index (κ2) is 7.27. The van der Waals surface area contributed by atoms with Gasteiger partial charge in [-0.1, -0.05) is 23.3 Å². The molecule has 0 aliphatic carbocycles. The van der Waals surface area contributed by atoms with Gasteiger partial charge in [-0.2, -0.15) is 4.99 Å². The van der Waals surface area contributed by atoms with Crippen molar-refractivity contribution in [2.75, 3.05) is 0 Å². The van der Waals surface area contributed by atoms with Gasteiger partial charge in [-0.3, -0.25) is 18.7 Å². The highest BCUT2D eigenvalue weighted by Gasteiger charge is 2.16. The van der Waals surface area contributed by atoms with Crippen LogP contribution in [0, 0.1) is 19.3 Å². The van der Waals surface area contributed by atoms with Gasteiger partial charge in [-0.25, -0.2) is 9.78 Å². The van der Waals surface area contributed by atoms with Gasteiger partial charge in [-0.15, -0.1) is 6.42 Å². The molecule has 0 unspecified atom stereocenters. The molecule has 3 heterocycles. The third-order valence-corrected chi connectivity index (χ3v) is 5.87. The van der Waals surface area contributed by atoms with Crippen molar-refractivity contribution in [1.82, 2.24) is 23.3 Å². The van der Waals surface area contributed by atoms with Crippen molar-refractivity contribution < 1.29 is 4.79 Å². The molecule has 0 saturated heterocycles. The molecule has 0 radical (unpaired) electrons. The van der Waals surface area contributed by atoms with Gasteiger partial charge in [-0.05, 0) is 24.6 Å². The van der Waals surface area contributed by atoms with Crippen LogP contribution in [0.5, 0.6) is 0 Å². The molecular weight excluding hydrogens is 404 g/mol. The lowest BCUT2D eigenvalue weighted by Gasteiger charge is -2.05. The number of hydrogen-bond acceptors (Lipinski definition) is 5. The molecule has 30 heavy (non-hydrogen) atoms. The number of carbonyl (C=O) groups is 1. The molecular formula is C20H18N6O3S. The average molecular weight is 422 g/mol. The van der Waals surface area contributed by atoms with Crippen molar-refractivity contribution in [1.29, 1.82) is 0 Å². The van der Waals surface area contributed by atoms with Gasteiger partial charge in [0, 0.05) is 14.1 Å². The molecule has 10 heteroatoms. The molecule has 152 valence electrons. The zero-order valence-corrected chi connectivity index (χ0v) is 17.4. The summed E-state index contributed by atoms with van der Waals surface area (Å²) in [5.74, 6) is 2.13. The molecule has 0 saturated carbocycles. The summed E-state index contributed by atoms with van der Waals surface area (Å²) in [5, 5.41) is 0. The molecule has 4 rings (SSSR count). The van der Waals surface area contributed by atoms with Crippen molar-refractivity contribution in [3.05, 3.63) is 55.7 Å². The van der Waals surface area contributed by atoms with Gasteiger partial charge in [0.1, 0.15) is 6.54 Å². The van der Waals surface area contributed by atoms with Crippen LogP contribution in [0.15, 0.2) is 39.1 Å². The Labute approximate surface area is 174 Å². The maximum atomic E-state index is 12.7. The standard InChI is InChI=1S/C20H18N6O3S/c1-5-8-26-13-7-6-12(2)9-14(13)30-19(26)22-15(27)10-25-11-21-17-16(25)18(28)24(4)20(29)23(17)3/h1,6-7,9,11H,8,10H2,2-4H3. The van der Waals surface area contributed by atoms with Crippen molar-refractivity contribution >= 4 is 38.6 Å². The maximum absolute atomic E-state index is 12.7. The first-order valence-electron chi connectivity index (χ1n) is 9.03. The number of thiazole rings is 1. The van der Waals surface area contributed by atoms with Crippen LogP contribution in [-0.2, 0) is 32.0 Å². The number of benzene rings is 1. The Hall–Kier alpha value is -3.71. The smallest absolute Gasteiger partial charge is 0.315 e. The van der Waals surface area contributed by atoms with E-state index in [1.54, 1.807) is 0 Å². The highest BCUT2D eigenvalue weighted by Crippen LogP contribution is 2.18. The van der Waals surface area contributed by atoms with E-state index in [4.69, 9.17) is 6.42 Å². The molecule has 0 N–H and O–H groups in total. The first-order valence-corrected chi connectivity index (χ1v) is 9.85. The summed E-state index contributed by atoms with van der Waals surface area (Å²) < 4.78 is 6.45. The summed E-state index contributed by atoms with van der Waals surface area (Å²) in [6.07, 6.45) is 6.86. The highest BCUT2D eigenvalue weighted by molar-refractivity contribution is 7.16. The topological polar surface area (TPSA) is 96.2 Å². The first kappa shape index (κ1) is 19.6. The summed E-state index contributed by atoms with van der Waals surface area (Å²) in [6, 6.07) is 5.95. The van der Waals surface area contributed by atoms with E-state index >= 15 is 0 Å². The van der Waals surface area contributed by atoms with Crippen molar-refractivity contribution in [3.8, 4) is 12.3 Å². The minimum absolute atomic E-state index is 0.173. The fraction of sp³-hybridized carbons (Fsp3) is 0.250. The second-order valence-electron chi connectivity index (χ2n) is 6.90. The van der Waals surface area contributed by atoms with Crippen LogP contribution in [0.2, 0.25) is 0 Å². The van der Waals surface area contributed by atoms with E-state index in [-0.39, 0.29) is 24.3 Å². The van der Waals surface area contributed by atoms with Crippen LogP contribution in [0.3, 0.4) is 0 Å². The van der Waals surface area contributed by atoms with Gasteiger partial charge in [0.2, 0.25) is 0 Å². The van der Waals surface area contributed by atoms with E-state index in [2.05, 4.69) is 15.9 Å². The lowest BCUT2D eigenvalue weighted by Crippen LogP contribution is -2.37. The highest BCUT2D eigenvalue weighted by atomic mass is 32.1. The fourth-order valence-electron chi connectivity index (χ4n) is 3.31.